The Balaban J connectivity index is 1.71. The van der Waals surface area contributed by atoms with Crippen LogP contribution in [0.15, 0.2) is 60.7 Å². The van der Waals surface area contributed by atoms with Gasteiger partial charge in [0.2, 0.25) is 0 Å². The molecule has 1 N–H and O–H groups in total. The third kappa shape index (κ3) is 5.13. The van der Waals surface area contributed by atoms with E-state index in [2.05, 4.69) is 12.1 Å². The first-order valence-corrected chi connectivity index (χ1v) is 11.1. The Labute approximate surface area is 193 Å². The Kier molecular flexibility index (Phi) is 7.47. The summed E-state index contributed by atoms with van der Waals surface area (Å²) in [5.41, 5.74) is 4.16. The van der Waals surface area contributed by atoms with E-state index in [-0.39, 0.29) is 18.6 Å². The number of phenols is 1. The minimum absolute atomic E-state index is 0.131. The van der Waals surface area contributed by atoms with Gasteiger partial charge in [0.1, 0.15) is 11.5 Å². The van der Waals surface area contributed by atoms with Gasteiger partial charge in [-0.25, -0.2) is 4.39 Å². The highest BCUT2D eigenvalue weighted by molar-refractivity contribution is 5.53. The lowest BCUT2D eigenvalue weighted by Crippen LogP contribution is -2.21. The molecule has 6 heteroatoms. The fourth-order valence-electron chi connectivity index (χ4n) is 4.62. The Hall–Kier alpha value is -3.09. The molecule has 4 rings (SSSR count). The fourth-order valence-corrected chi connectivity index (χ4v) is 4.62. The third-order valence-electron chi connectivity index (χ3n) is 6.18. The Morgan fingerprint density at radius 2 is 1.79 bits per heavy atom. The van der Waals surface area contributed by atoms with Crippen LogP contribution >= 0.6 is 0 Å². The topological polar surface area (TPSA) is 57.2 Å². The van der Waals surface area contributed by atoms with E-state index in [0.29, 0.717) is 19.0 Å². The second-order valence-electron chi connectivity index (χ2n) is 8.10. The Morgan fingerprint density at radius 3 is 2.55 bits per heavy atom. The molecule has 0 aliphatic heterocycles. The molecule has 1 aliphatic carbocycles. The lowest BCUT2D eigenvalue weighted by molar-refractivity contribution is -0.00851. The molecule has 3 aromatic carbocycles. The summed E-state index contributed by atoms with van der Waals surface area (Å²) >= 11 is 0. The van der Waals surface area contributed by atoms with Gasteiger partial charge in [-0.1, -0.05) is 36.4 Å². The normalized spacial score (nSPS) is 17.4. The highest BCUT2D eigenvalue weighted by Gasteiger charge is 2.34. The second kappa shape index (κ2) is 10.7. The minimum atomic E-state index is -0.655. The van der Waals surface area contributed by atoms with Gasteiger partial charge < -0.3 is 24.1 Å². The molecule has 174 valence electrons. The molecule has 0 saturated carbocycles. The predicted octanol–water partition coefficient (Wildman–Crippen LogP) is 5.40. The van der Waals surface area contributed by atoms with Gasteiger partial charge >= 0.3 is 0 Å². The number of benzene rings is 3. The van der Waals surface area contributed by atoms with E-state index in [0.717, 1.165) is 35.3 Å². The van der Waals surface area contributed by atoms with E-state index < -0.39 is 11.6 Å². The van der Waals surface area contributed by atoms with Crippen LogP contribution in [0.4, 0.5) is 4.39 Å². The zero-order valence-electron chi connectivity index (χ0n) is 18.9. The van der Waals surface area contributed by atoms with Crippen molar-refractivity contribution in [1.29, 1.82) is 0 Å². The number of aryl methyl sites for hydroxylation is 1. The van der Waals surface area contributed by atoms with Crippen molar-refractivity contribution in [3.05, 3.63) is 88.7 Å². The molecular formula is C27H29FO5. The summed E-state index contributed by atoms with van der Waals surface area (Å²) in [6.45, 7) is 1.13. The van der Waals surface area contributed by atoms with Crippen molar-refractivity contribution in [3.8, 4) is 17.2 Å². The van der Waals surface area contributed by atoms with Gasteiger partial charge in [0.15, 0.2) is 18.4 Å². The van der Waals surface area contributed by atoms with Crippen molar-refractivity contribution in [2.45, 2.75) is 24.7 Å². The highest BCUT2D eigenvalue weighted by atomic mass is 19.1. The zero-order chi connectivity index (χ0) is 23.2. The first kappa shape index (κ1) is 23.1. The first-order valence-electron chi connectivity index (χ1n) is 11.1. The number of rotatable bonds is 9. The number of phenolic OH excluding ortho intramolecular Hbond substituents is 1. The highest BCUT2D eigenvalue weighted by Crippen LogP contribution is 2.50. The van der Waals surface area contributed by atoms with Crippen molar-refractivity contribution in [3.63, 3.8) is 0 Å². The van der Waals surface area contributed by atoms with E-state index in [4.69, 9.17) is 18.9 Å². The van der Waals surface area contributed by atoms with Crippen molar-refractivity contribution in [2.75, 3.05) is 34.2 Å². The van der Waals surface area contributed by atoms with Crippen LogP contribution in [0.2, 0.25) is 0 Å². The molecule has 2 atom stereocenters. The molecule has 0 fully saturated rings. The smallest absolute Gasteiger partial charge is 0.189 e. The number of ether oxygens (including phenoxy) is 4. The molecular weight excluding hydrogens is 423 g/mol. The number of fused-ring (bicyclic) bond motifs is 1. The summed E-state index contributed by atoms with van der Waals surface area (Å²) in [6.07, 6.45) is 1.76. The average molecular weight is 453 g/mol. The average Bonchev–Trinajstić information content (AvgIpc) is 2.85. The lowest BCUT2D eigenvalue weighted by Gasteiger charge is -2.35. The van der Waals surface area contributed by atoms with Gasteiger partial charge in [0.05, 0.1) is 20.3 Å². The van der Waals surface area contributed by atoms with E-state index in [1.54, 1.807) is 7.11 Å². The van der Waals surface area contributed by atoms with Gasteiger partial charge in [-0.05, 0) is 53.6 Å². The molecule has 3 aromatic rings. The zero-order valence-corrected chi connectivity index (χ0v) is 18.9. The Bertz CT molecular complexity index is 1070. The van der Waals surface area contributed by atoms with Gasteiger partial charge in [-0.2, -0.15) is 0 Å². The molecule has 0 heterocycles. The molecule has 0 aromatic heterocycles. The quantitative estimate of drug-likeness (QED) is 0.348. The number of hydrogen-bond donors (Lipinski definition) is 1. The lowest BCUT2D eigenvalue weighted by atomic mass is 9.69. The number of hydrogen-bond acceptors (Lipinski definition) is 5. The molecule has 5 nitrogen and oxygen atoms in total. The van der Waals surface area contributed by atoms with E-state index in [9.17, 15) is 9.50 Å². The fraction of sp³-hybridized carbons (Fsp3) is 0.333. The molecule has 33 heavy (non-hydrogen) atoms. The first-order chi connectivity index (χ1) is 16.1. The van der Waals surface area contributed by atoms with Crippen LogP contribution in [-0.4, -0.2) is 39.3 Å². The van der Waals surface area contributed by atoms with Crippen LogP contribution in [-0.2, 0) is 15.9 Å². The van der Waals surface area contributed by atoms with Crippen LogP contribution in [0, 0.1) is 5.82 Å². The van der Waals surface area contributed by atoms with Crippen LogP contribution in [0.3, 0.4) is 0 Å². The van der Waals surface area contributed by atoms with E-state index >= 15 is 0 Å². The molecule has 0 bridgehead atoms. The van der Waals surface area contributed by atoms with Crippen molar-refractivity contribution in [1.82, 2.24) is 0 Å². The maximum Gasteiger partial charge on any atom is 0.189 e. The SMILES string of the molecule is COCCOCOc1ccc2c(c1)CCC(c1ccccc1)C2c1cc(F)c(O)cc1OC. The minimum Gasteiger partial charge on any atom is -0.505 e. The van der Waals surface area contributed by atoms with Crippen molar-refractivity contribution >= 4 is 0 Å². The van der Waals surface area contributed by atoms with Gasteiger partial charge in [0.25, 0.3) is 0 Å². The monoisotopic (exact) mass is 452 g/mol. The molecule has 0 spiro atoms. The summed E-state index contributed by atoms with van der Waals surface area (Å²) in [6, 6.07) is 19.0. The maximum atomic E-state index is 14.5. The summed E-state index contributed by atoms with van der Waals surface area (Å²) in [4.78, 5) is 0. The van der Waals surface area contributed by atoms with Crippen LogP contribution in [0.5, 0.6) is 17.2 Å². The number of aromatic hydroxyl groups is 1. The van der Waals surface area contributed by atoms with Gasteiger partial charge in [-0.3, -0.25) is 0 Å². The third-order valence-corrected chi connectivity index (χ3v) is 6.18. The molecule has 0 saturated heterocycles. The van der Waals surface area contributed by atoms with E-state index in [1.807, 2.05) is 36.4 Å². The predicted molar refractivity (Wildman–Crippen MR) is 124 cm³/mol. The second-order valence-corrected chi connectivity index (χ2v) is 8.10. The van der Waals surface area contributed by atoms with Gasteiger partial charge in [0, 0.05) is 24.7 Å². The van der Waals surface area contributed by atoms with Crippen molar-refractivity contribution < 1.29 is 28.4 Å². The molecule has 2 unspecified atom stereocenters. The van der Waals surface area contributed by atoms with Gasteiger partial charge in [-0.15, -0.1) is 0 Å². The largest absolute Gasteiger partial charge is 0.505 e. The standard InChI is InChI=1S/C27H29FO5/c1-30-12-13-32-17-33-20-9-11-22-19(14-20)8-10-21(18-6-4-3-5-7-18)27(22)23-15-24(28)25(29)16-26(23)31-2/h3-7,9,11,14-16,21,27,29H,8,10,12-13,17H2,1-2H3. The number of methoxy groups -OCH3 is 2. The summed E-state index contributed by atoms with van der Waals surface area (Å²) < 4.78 is 36.2. The molecule has 0 amide bonds. The summed E-state index contributed by atoms with van der Waals surface area (Å²) in [7, 11) is 3.17. The van der Waals surface area contributed by atoms with Crippen LogP contribution in [0.25, 0.3) is 0 Å². The Morgan fingerprint density at radius 1 is 0.970 bits per heavy atom. The van der Waals surface area contributed by atoms with Crippen molar-refractivity contribution in [2.24, 2.45) is 0 Å². The number of halogens is 1. The summed E-state index contributed by atoms with van der Waals surface area (Å²) in [5, 5.41) is 9.91. The maximum absolute atomic E-state index is 14.5. The van der Waals surface area contributed by atoms with E-state index in [1.165, 1.54) is 24.8 Å². The van der Waals surface area contributed by atoms with Crippen LogP contribution in [0.1, 0.15) is 40.5 Å². The molecule has 0 radical (unpaired) electrons. The van der Waals surface area contributed by atoms with Crippen LogP contribution < -0.4 is 9.47 Å². The molecule has 1 aliphatic rings. The summed E-state index contributed by atoms with van der Waals surface area (Å²) in [5.74, 6) is 0.137.